The number of hydrogen-bond donors (Lipinski definition) is 1. The summed E-state index contributed by atoms with van der Waals surface area (Å²) in [6.07, 6.45) is 2.00. The van der Waals surface area contributed by atoms with Gasteiger partial charge in [-0.15, -0.1) is 0 Å². The molecule has 0 saturated heterocycles. The number of anilines is 1. The number of benzene rings is 2. The molecule has 0 bridgehead atoms. The molecule has 26 heavy (non-hydrogen) atoms. The summed E-state index contributed by atoms with van der Waals surface area (Å²) in [5.41, 5.74) is 3.26. The average molecular weight is 418 g/mol. The Hall–Kier alpha value is -2.60. The molecule has 2 aromatic rings. The molecule has 136 valence electrons. The van der Waals surface area contributed by atoms with Gasteiger partial charge in [0.2, 0.25) is 5.91 Å². The molecule has 2 aromatic carbocycles. The Balaban J connectivity index is 1.99. The van der Waals surface area contributed by atoms with Gasteiger partial charge in [0, 0.05) is 17.9 Å². The molecule has 0 unspecified atom stereocenters. The third-order valence-electron chi connectivity index (χ3n) is 3.47. The molecule has 0 spiro atoms. The number of rotatable bonds is 7. The van der Waals surface area contributed by atoms with E-state index in [-0.39, 0.29) is 11.9 Å². The number of carbonyl (C=O) groups excluding carboxylic acids is 2. The molecule has 0 radical (unpaired) electrons. The van der Waals surface area contributed by atoms with Gasteiger partial charge in [-0.1, -0.05) is 34.1 Å². The van der Waals surface area contributed by atoms with Crippen molar-refractivity contribution < 1.29 is 19.1 Å². The smallest absolute Gasteiger partial charge is 0.337 e. The van der Waals surface area contributed by atoms with Crippen molar-refractivity contribution in [3.05, 3.63) is 65.2 Å². The van der Waals surface area contributed by atoms with Gasteiger partial charge in [0.1, 0.15) is 12.4 Å². The molecule has 0 heterocycles. The van der Waals surface area contributed by atoms with E-state index in [1.54, 1.807) is 24.3 Å². The van der Waals surface area contributed by atoms with Gasteiger partial charge in [0.15, 0.2) is 0 Å². The van der Waals surface area contributed by atoms with Gasteiger partial charge in [-0.2, -0.15) is 0 Å². The zero-order chi connectivity index (χ0) is 18.9. The Kier molecular flexibility index (Phi) is 7.41. The van der Waals surface area contributed by atoms with Crippen molar-refractivity contribution in [1.82, 2.24) is 0 Å². The molecule has 0 aromatic heterocycles. The molecule has 1 N–H and O–H groups in total. The number of alkyl halides is 1. The van der Waals surface area contributed by atoms with Gasteiger partial charge < -0.3 is 14.8 Å². The summed E-state index contributed by atoms with van der Waals surface area (Å²) in [7, 11) is 1.36. The lowest BCUT2D eigenvalue weighted by Crippen LogP contribution is -2.06. The highest BCUT2D eigenvalue weighted by atomic mass is 79.9. The predicted molar refractivity (Wildman–Crippen MR) is 106 cm³/mol. The van der Waals surface area contributed by atoms with Crippen LogP contribution in [0.2, 0.25) is 0 Å². The maximum absolute atomic E-state index is 11.5. The molecule has 0 aliphatic rings. The van der Waals surface area contributed by atoms with E-state index < -0.39 is 0 Å². The fourth-order valence-corrected chi connectivity index (χ4v) is 2.53. The summed E-state index contributed by atoms with van der Waals surface area (Å²) in [6.45, 7) is 1.89. The molecule has 6 heteroatoms. The van der Waals surface area contributed by atoms with Gasteiger partial charge in [0.25, 0.3) is 0 Å². The van der Waals surface area contributed by atoms with Crippen LogP contribution in [0.3, 0.4) is 0 Å². The fraction of sp³-hybridized carbons (Fsp3) is 0.200. The fourth-order valence-electron chi connectivity index (χ4n) is 2.20. The summed E-state index contributed by atoms with van der Waals surface area (Å²) in [4.78, 5) is 22.5. The minimum absolute atomic E-state index is 0.110. The lowest BCUT2D eigenvalue weighted by atomic mass is 10.1. The van der Waals surface area contributed by atoms with Gasteiger partial charge in [-0.3, -0.25) is 4.79 Å². The molecule has 2 rings (SSSR count). The van der Waals surface area contributed by atoms with Gasteiger partial charge >= 0.3 is 5.97 Å². The Morgan fingerprint density at radius 2 is 1.73 bits per heavy atom. The SMILES string of the molecule is COC(=O)c1ccc(C=C(CBr)COc2ccc(NC(C)=O)cc2)cc1. The second kappa shape index (κ2) is 9.77. The Labute approximate surface area is 161 Å². The van der Waals surface area contributed by atoms with E-state index in [1.165, 1.54) is 14.0 Å². The Morgan fingerprint density at radius 1 is 1.08 bits per heavy atom. The van der Waals surface area contributed by atoms with Crippen molar-refractivity contribution in [2.75, 3.05) is 24.4 Å². The summed E-state index contributed by atoms with van der Waals surface area (Å²) in [6, 6.07) is 14.4. The molecule has 0 aliphatic carbocycles. The van der Waals surface area contributed by atoms with Crippen LogP contribution < -0.4 is 10.1 Å². The molecular weight excluding hydrogens is 398 g/mol. The summed E-state index contributed by atoms with van der Waals surface area (Å²) in [5, 5.41) is 3.37. The first-order valence-electron chi connectivity index (χ1n) is 7.96. The number of carbonyl (C=O) groups is 2. The van der Waals surface area contributed by atoms with Gasteiger partial charge in [-0.05, 0) is 47.5 Å². The third kappa shape index (κ3) is 6.04. The topological polar surface area (TPSA) is 64.6 Å². The standard InChI is InChI=1S/C20H20BrNO4/c1-14(23)22-18-7-9-19(10-8-18)26-13-16(12-21)11-15-3-5-17(6-4-15)20(24)25-2/h3-11H,12-13H2,1-2H3,(H,22,23). The average Bonchev–Trinajstić information content (AvgIpc) is 2.65. The Bertz CT molecular complexity index is 782. The molecular formula is C20H20BrNO4. The number of nitrogens with one attached hydrogen (secondary N) is 1. The van der Waals surface area contributed by atoms with Crippen LogP contribution >= 0.6 is 15.9 Å². The minimum Gasteiger partial charge on any atom is -0.489 e. The summed E-state index contributed by atoms with van der Waals surface area (Å²) in [5.74, 6) is 0.251. The van der Waals surface area contributed by atoms with Crippen LogP contribution in [0.25, 0.3) is 6.08 Å². The van der Waals surface area contributed by atoms with Crippen LogP contribution in [0.1, 0.15) is 22.8 Å². The van der Waals surface area contributed by atoms with Crippen LogP contribution in [0.5, 0.6) is 5.75 Å². The summed E-state index contributed by atoms with van der Waals surface area (Å²) >= 11 is 3.46. The van der Waals surface area contributed by atoms with E-state index in [0.29, 0.717) is 23.2 Å². The van der Waals surface area contributed by atoms with Gasteiger partial charge in [0.05, 0.1) is 12.7 Å². The van der Waals surface area contributed by atoms with E-state index in [2.05, 4.69) is 21.2 Å². The molecule has 1 amide bonds. The highest BCUT2D eigenvalue weighted by Crippen LogP contribution is 2.18. The molecule has 0 aliphatic heterocycles. The minimum atomic E-state index is -0.354. The van der Waals surface area contributed by atoms with Crippen molar-refractivity contribution >= 4 is 39.6 Å². The van der Waals surface area contributed by atoms with Crippen LogP contribution in [0.4, 0.5) is 5.69 Å². The quantitative estimate of drug-likeness (QED) is 0.538. The normalized spacial score (nSPS) is 11.0. The number of esters is 1. The second-order valence-corrected chi connectivity index (χ2v) is 6.10. The number of halogens is 1. The predicted octanol–water partition coefficient (Wildman–Crippen LogP) is 4.29. The molecule has 5 nitrogen and oxygen atoms in total. The van der Waals surface area contributed by atoms with Gasteiger partial charge in [-0.25, -0.2) is 4.79 Å². The second-order valence-electron chi connectivity index (χ2n) is 5.54. The van der Waals surface area contributed by atoms with Crippen LogP contribution in [-0.2, 0) is 9.53 Å². The highest BCUT2D eigenvalue weighted by molar-refractivity contribution is 9.09. The van der Waals surface area contributed by atoms with Crippen molar-refractivity contribution in [2.24, 2.45) is 0 Å². The molecule has 0 saturated carbocycles. The van der Waals surface area contributed by atoms with Crippen LogP contribution in [-0.4, -0.2) is 30.9 Å². The molecule has 0 atom stereocenters. The van der Waals surface area contributed by atoms with Crippen molar-refractivity contribution in [3.8, 4) is 5.75 Å². The maximum atomic E-state index is 11.5. The number of ether oxygens (including phenoxy) is 2. The molecule has 0 fully saturated rings. The van der Waals surface area contributed by atoms with E-state index in [1.807, 2.05) is 30.3 Å². The third-order valence-corrected chi connectivity index (χ3v) is 4.19. The van der Waals surface area contributed by atoms with Crippen LogP contribution in [0, 0.1) is 0 Å². The number of methoxy groups -OCH3 is 1. The summed E-state index contributed by atoms with van der Waals surface area (Å²) < 4.78 is 10.5. The van der Waals surface area contributed by atoms with E-state index in [9.17, 15) is 9.59 Å². The highest BCUT2D eigenvalue weighted by Gasteiger charge is 2.05. The van der Waals surface area contributed by atoms with Crippen molar-refractivity contribution in [2.45, 2.75) is 6.92 Å². The first kappa shape index (κ1) is 19.7. The van der Waals surface area contributed by atoms with E-state index >= 15 is 0 Å². The van der Waals surface area contributed by atoms with E-state index in [0.717, 1.165) is 16.8 Å². The lowest BCUT2D eigenvalue weighted by molar-refractivity contribution is -0.114. The lowest BCUT2D eigenvalue weighted by Gasteiger charge is -2.09. The zero-order valence-electron chi connectivity index (χ0n) is 14.6. The Morgan fingerprint density at radius 3 is 2.27 bits per heavy atom. The monoisotopic (exact) mass is 417 g/mol. The largest absolute Gasteiger partial charge is 0.489 e. The number of amides is 1. The first-order valence-corrected chi connectivity index (χ1v) is 9.08. The van der Waals surface area contributed by atoms with Crippen molar-refractivity contribution in [3.63, 3.8) is 0 Å². The number of hydrogen-bond acceptors (Lipinski definition) is 4. The van der Waals surface area contributed by atoms with Crippen LogP contribution in [0.15, 0.2) is 54.1 Å². The van der Waals surface area contributed by atoms with Crippen molar-refractivity contribution in [1.29, 1.82) is 0 Å². The first-order chi connectivity index (χ1) is 12.5. The van der Waals surface area contributed by atoms with E-state index in [4.69, 9.17) is 9.47 Å². The maximum Gasteiger partial charge on any atom is 0.337 e. The zero-order valence-corrected chi connectivity index (χ0v) is 16.2.